The van der Waals surface area contributed by atoms with Crippen LogP contribution in [0.5, 0.6) is 5.75 Å². The number of aliphatic hydroxyl groups excluding tert-OH is 1. The molecule has 0 unspecified atom stereocenters. The number of Topliss-reactive ketones (excluding diaryl/α,β-unsaturated/α-hetero) is 1. The summed E-state index contributed by atoms with van der Waals surface area (Å²) in [7, 11) is 0. The molecular weight excluding hydrogens is 460 g/mol. The molecule has 1 amide bonds. The summed E-state index contributed by atoms with van der Waals surface area (Å²) in [6.07, 6.45) is 0.701. The first-order chi connectivity index (χ1) is 17.6. The summed E-state index contributed by atoms with van der Waals surface area (Å²) in [5.74, 6) is -0.856. The van der Waals surface area contributed by atoms with Crippen LogP contribution >= 0.6 is 0 Å². The number of furan rings is 1. The van der Waals surface area contributed by atoms with E-state index in [1.807, 2.05) is 49.4 Å². The monoisotopic (exact) mass is 490 g/mol. The molecule has 0 aliphatic carbocycles. The zero-order valence-electron chi connectivity index (χ0n) is 20.3. The van der Waals surface area contributed by atoms with Crippen LogP contribution in [0.15, 0.2) is 70.3 Å². The first-order valence-corrected chi connectivity index (χ1v) is 12.4. The van der Waals surface area contributed by atoms with Crippen molar-refractivity contribution in [2.24, 2.45) is 0 Å². The van der Waals surface area contributed by atoms with Crippen LogP contribution in [-0.4, -0.2) is 72.6 Å². The molecule has 8 nitrogen and oxygen atoms in total. The van der Waals surface area contributed by atoms with Gasteiger partial charge in [0.25, 0.3) is 5.91 Å². The lowest BCUT2D eigenvalue weighted by molar-refractivity contribution is -0.129. The van der Waals surface area contributed by atoms with Gasteiger partial charge < -0.3 is 23.9 Å². The Morgan fingerprint density at radius 3 is 2.67 bits per heavy atom. The molecule has 2 aliphatic heterocycles. The first kappa shape index (κ1) is 24.1. The highest BCUT2D eigenvalue weighted by atomic mass is 16.5. The number of amides is 1. The van der Waals surface area contributed by atoms with Gasteiger partial charge in [0.2, 0.25) is 5.78 Å². The van der Waals surface area contributed by atoms with Gasteiger partial charge in [-0.2, -0.15) is 0 Å². The van der Waals surface area contributed by atoms with Crippen LogP contribution in [0, 0.1) is 0 Å². The molecule has 8 heteroatoms. The standard InChI is InChI=1S/C28H30N2O6/c1-2-35-21-9-5-8-20(17-21)25-24(26(31)23-18-19-7-3-4-10-22(19)36-23)27(32)28(33)30(25)12-6-11-29-13-15-34-16-14-29/h3-5,7-10,17-18,25,32H,2,6,11-16H2,1H3/t25-/m0/s1. The lowest BCUT2D eigenvalue weighted by Crippen LogP contribution is -2.39. The smallest absolute Gasteiger partial charge is 0.290 e. The van der Waals surface area contributed by atoms with Gasteiger partial charge in [0, 0.05) is 31.6 Å². The van der Waals surface area contributed by atoms with Crippen LogP contribution in [0.3, 0.4) is 0 Å². The van der Waals surface area contributed by atoms with Crippen molar-refractivity contribution in [3.05, 3.63) is 77.3 Å². The third kappa shape index (κ3) is 4.74. The molecule has 1 fully saturated rings. The molecule has 1 N–H and O–H groups in total. The summed E-state index contributed by atoms with van der Waals surface area (Å²) in [4.78, 5) is 30.8. The van der Waals surface area contributed by atoms with Crippen molar-refractivity contribution in [3.63, 3.8) is 0 Å². The molecule has 0 saturated carbocycles. The van der Waals surface area contributed by atoms with E-state index in [9.17, 15) is 14.7 Å². The maximum Gasteiger partial charge on any atom is 0.290 e. The minimum atomic E-state index is -0.747. The van der Waals surface area contributed by atoms with Crippen molar-refractivity contribution < 1.29 is 28.6 Å². The van der Waals surface area contributed by atoms with Crippen LogP contribution in [0.1, 0.15) is 35.5 Å². The van der Waals surface area contributed by atoms with E-state index in [0.717, 1.165) is 25.0 Å². The number of nitrogens with zero attached hydrogens (tertiary/aromatic N) is 2. The predicted molar refractivity (Wildman–Crippen MR) is 134 cm³/mol. The number of aliphatic hydroxyl groups is 1. The van der Waals surface area contributed by atoms with Crippen LogP contribution in [0.4, 0.5) is 0 Å². The van der Waals surface area contributed by atoms with Gasteiger partial charge in [-0.1, -0.05) is 30.3 Å². The quantitative estimate of drug-likeness (QED) is 0.451. The number of ketones is 1. The maximum atomic E-state index is 13.7. The second-order valence-corrected chi connectivity index (χ2v) is 8.95. The third-order valence-electron chi connectivity index (χ3n) is 6.66. The van der Waals surface area contributed by atoms with Gasteiger partial charge in [0.1, 0.15) is 11.3 Å². The maximum absolute atomic E-state index is 13.7. The highest BCUT2D eigenvalue weighted by molar-refractivity contribution is 6.16. The Labute approximate surface area is 209 Å². The lowest BCUT2D eigenvalue weighted by Gasteiger charge is -2.30. The lowest BCUT2D eigenvalue weighted by atomic mass is 9.94. The van der Waals surface area contributed by atoms with E-state index in [0.29, 0.717) is 49.7 Å². The fourth-order valence-corrected chi connectivity index (χ4v) is 4.92. The molecule has 5 rings (SSSR count). The van der Waals surface area contributed by atoms with E-state index < -0.39 is 23.5 Å². The molecule has 36 heavy (non-hydrogen) atoms. The minimum absolute atomic E-state index is 0.0269. The second kappa shape index (κ2) is 10.6. The molecule has 1 atom stereocenters. The van der Waals surface area contributed by atoms with Gasteiger partial charge in [0.15, 0.2) is 11.5 Å². The Morgan fingerprint density at radius 2 is 1.89 bits per heavy atom. The van der Waals surface area contributed by atoms with E-state index in [1.165, 1.54) is 0 Å². The fourth-order valence-electron chi connectivity index (χ4n) is 4.92. The summed E-state index contributed by atoms with van der Waals surface area (Å²) < 4.78 is 16.9. The summed E-state index contributed by atoms with van der Waals surface area (Å²) in [5.41, 5.74) is 1.30. The summed E-state index contributed by atoms with van der Waals surface area (Å²) in [6, 6.07) is 15.5. The van der Waals surface area contributed by atoms with E-state index in [-0.39, 0.29) is 11.3 Å². The normalized spacial score (nSPS) is 18.9. The van der Waals surface area contributed by atoms with Gasteiger partial charge in [-0.25, -0.2) is 0 Å². The molecule has 0 bridgehead atoms. The Hall–Kier alpha value is -3.62. The Balaban J connectivity index is 1.47. The summed E-state index contributed by atoms with van der Waals surface area (Å²) in [6.45, 7) is 6.68. The number of carbonyl (C=O) groups excluding carboxylic acids is 2. The topological polar surface area (TPSA) is 92.5 Å². The van der Waals surface area contributed by atoms with Crippen LogP contribution in [0.2, 0.25) is 0 Å². The molecule has 1 saturated heterocycles. The summed E-state index contributed by atoms with van der Waals surface area (Å²) >= 11 is 0. The van der Waals surface area contributed by atoms with Crippen molar-refractivity contribution in [1.82, 2.24) is 9.80 Å². The highest BCUT2D eigenvalue weighted by Gasteiger charge is 2.44. The van der Waals surface area contributed by atoms with Crippen LogP contribution in [0.25, 0.3) is 11.0 Å². The van der Waals surface area contributed by atoms with E-state index in [4.69, 9.17) is 13.9 Å². The average molecular weight is 491 g/mol. The third-order valence-corrected chi connectivity index (χ3v) is 6.66. The van der Waals surface area contributed by atoms with Crippen molar-refractivity contribution in [3.8, 4) is 5.75 Å². The largest absolute Gasteiger partial charge is 0.503 e. The summed E-state index contributed by atoms with van der Waals surface area (Å²) in [5, 5.41) is 11.7. The number of hydrogen-bond donors (Lipinski definition) is 1. The zero-order valence-corrected chi connectivity index (χ0v) is 20.3. The fraction of sp³-hybridized carbons (Fsp3) is 0.357. The average Bonchev–Trinajstić information content (AvgIpc) is 3.44. The van der Waals surface area contributed by atoms with Crippen molar-refractivity contribution in [1.29, 1.82) is 0 Å². The van der Waals surface area contributed by atoms with Crippen LogP contribution < -0.4 is 4.74 Å². The van der Waals surface area contributed by atoms with Crippen molar-refractivity contribution in [2.75, 3.05) is 46.0 Å². The van der Waals surface area contributed by atoms with Gasteiger partial charge in [-0.15, -0.1) is 0 Å². The molecule has 3 aromatic rings. The molecule has 2 aliphatic rings. The van der Waals surface area contributed by atoms with Gasteiger partial charge in [-0.3, -0.25) is 14.5 Å². The van der Waals surface area contributed by atoms with Gasteiger partial charge >= 0.3 is 0 Å². The molecule has 3 heterocycles. The number of para-hydroxylation sites is 1. The SMILES string of the molecule is CCOc1cccc([C@H]2C(C(=O)c3cc4ccccc4o3)=C(O)C(=O)N2CCCN2CCOCC2)c1. The zero-order chi connectivity index (χ0) is 25.1. The molecule has 188 valence electrons. The Morgan fingerprint density at radius 1 is 1.08 bits per heavy atom. The molecule has 2 aromatic carbocycles. The Kier molecular flexibility index (Phi) is 7.06. The number of rotatable bonds is 9. The first-order valence-electron chi connectivity index (χ1n) is 12.4. The van der Waals surface area contributed by atoms with Gasteiger partial charge in [0.05, 0.1) is 31.4 Å². The number of hydrogen-bond acceptors (Lipinski definition) is 7. The second-order valence-electron chi connectivity index (χ2n) is 8.95. The van der Waals surface area contributed by atoms with E-state index in [1.54, 1.807) is 17.0 Å². The highest BCUT2D eigenvalue weighted by Crippen LogP contribution is 2.40. The molecule has 0 spiro atoms. The number of ether oxygens (including phenoxy) is 2. The molecule has 0 radical (unpaired) electrons. The molecule has 1 aromatic heterocycles. The minimum Gasteiger partial charge on any atom is -0.503 e. The van der Waals surface area contributed by atoms with Gasteiger partial charge in [-0.05, 0) is 43.2 Å². The van der Waals surface area contributed by atoms with Crippen molar-refractivity contribution >= 4 is 22.7 Å². The Bertz CT molecular complexity index is 1260. The van der Waals surface area contributed by atoms with E-state index in [2.05, 4.69) is 4.90 Å². The van der Waals surface area contributed by atoms with E-state index >= 15 is 0 Å². The number of benzene rings is 2. The van der Waals surface area contributed by atoms with Crippen molar-refractivity contribution in [2.45, 2.75) is 19.4 Å². The molecular formula is C28H30N2O6. The predicted octanol–water partition coefficient (Wildman–Crippen LogP) is 4.13. The number of morpholine rings is 1. The number of fused-ring (bicyclic) bond motifs is 1. The number of carbonyl (C=O) groups is 2. The van der Waals surface area contributed by atoms with Crippen LogP contribution in [-0.2, 0) is 9.53 Å².